The first-order valence-electron chi connectivity index (χ1n) is 6.30. The van der Waals surface area contributed by atoms with Crippen LogP contribution in [0.4, 0.5) is 5.69 Å². The summed E-state index contributed by atoms with van der Waals surface area (Å²) in [5.41, 5.74) is 8.16. The van der Waals surface area contributed by atoms with Crippen molar-refractivity contribution in [1.82, 2.24) is 0 Å². The summed E-state index contributed by atoms with van der Waals surface area (Å²) >= 11 is 1.55. The van der Waals surface area contributed by atoms with Crippen LogP contribution in [0.2, 0.25) is 0 Å². The molecule has 0 radical (unpaired) electrons. The van der Waals surface area contributed by atoms with Crippen LogP contribution in [0.15, 0.2) is 30.3 Å². The van der Waals surface area contributed by atoms with Crippen LogP contribution in [0, 0.1) is 6.92 Å². The third kappa shape index (κ3) is 2.87. The lowest BCUT2D eigenvalue weighted by Crippen LogP contribution is -2.08. The second-order valence-corrected chi connectivity index (χ2v) is 6.92. The van der Waals surface area contributed by atoms with E-state index in [1.807, 2.05) is 31.2 Å². The Balaban J connectivity index is 2.39. The van der Waals surface area contributed by atoms with Gasteiger partial charge in [0.2, 0.25) is 5.78 Å². The molecule has 3 heteroatoms. The normalized spacial score (nSPS) is 11.6. The lowest BCUT2D eigenvalue weighted by Gasteiger charge is -2.15. The second-order valence-electron chi connectivity index (χ2n) is 5.83. The van der Waals surface area contributed by atoms with Crippen molar-refractivity contribution in [3.05, 3.63) is 51.2 Å². The van der Waals surface area contributed by atoms with Crippen molar-refractivity contribution in [2.24, 2.45) is 0 Å². The van der Waals surface area contributed by atoms with Crippen LogP contribution in [0.25, 0.3) is 0 Å². The second kappa shape index (κ2) is 4.82. The van der Waals surface area contributed by atoms with Gasteiger partial charge in [0.25, 0.3) is 0 Å². The Hall–Kier alpha value is -1.61. The zero-order chi connectivity index (χ0) is 14.2. The van der Waals surface area contributed by atoms with Gasteiger partial charge in [0.1, 0.15) is 0 Å². The minimum Gasteiger partial charge on any atom is -0.398 e. The number of rotatable bonds is 2. The van der Waals surface area contributed by atoms with Gasteiger partial charge in [0.05, 0.1) is 4.88 Å². The zero-order valence-electron chi connectivity index (χ0n) is 11.8. The van der Waals surface area contributed by atoms with Crippen molar-refractivity contribution < 1.29 is 4.79 Å². The molecule has 2 N–H and O–H groups in total. The summed E-state index contributed by atoms with van der Waals surface area (Å²) in [6.07, 6.45) is 0. The highest BCUT2D eigenvalue weighted by atomic mass is 32.1. The number of aryl methyl sites for hydroxylation is 1. The molecule has 0 fully saturated rings. The Morgan fingerprint density at radius 3 is 2.42 bits per heavy atom. The van der Waals surface area contributed by atoms with Gasteiger partial charge < -0.3 is 5.73 Å². The number of thiophene rings is 1. The number of nitrogen functional groups attached to an aromatic ring is 1. The van der Waals surface area contributed by atoms with Gasteiger partial charge in [-0.05, 0) is 36.6 Å². The SMILES string of the molecule is Cc1ccc(N)c(C(=O)c2ccc(C(C)(C)C)s2)c1. The van der Waals surface area contributed by atoms with Crippen molar-refractivity contribution >= 4 is 22.8 Å². The summed E-state index contributed by atoms with van der Waals surface area (Å²) < 4.78 is 0. The smallest absolute Gasteiger partial charge is 0.205 e. The number of nitrogens with two attached hydrogens (primary N) is 1. The van der Waals surface area contributed by atoms with Crippen LogP contribution < -0.4 is 5.73 Å². The number of carbonyl (C=O) groups is 1. The molecule has 0 spiro atoms. The first-order chi connectivity index (χ1) is 8.79. The molecule has 19 heavy (non-hydrogen) atoms. The molecule has 1 heterocycles. The van der Waals surface area contributed by atoms with E-state index in [0.29, 0.717) is 11.3 Å². The summed E-state index contributed by atoms with van der Waals surface area (Å²) in [5.74, 6) is 0.0155. The molecule has 2 rings (SSSR count). The third-order valence-electron chi connectivity index (χ3n) is 3.02. The Morgan fingerprint density at radius 2 is 1.84 bits per heavy atom. The van der Waals surface area contributed by atoms with Crippen LogP contribution >= 0.6 is 11.3 Å². The number of ketones is 1. The number of carbonyl (C=O) groups excluding carboxylic acids is 1. The van der Waals surface area contributed by atoms with Crippen molar-refractivity contribution in [1.29, 1.82) is 0 Å². The van der Waals surface area contributed by atoms with E-state index >= 15 is 0 Å². The first kappa shape index (κ1) is 13.8. The summed E-state index contributed by atoms with van der Waals surface area (Å²) in [6.45, 7) is 8.40. The molecule has 100 valence electrons. The summed E-state index contributed by atoms with van der Waals surface area (Å²) in [6, 6.07) is 9.50. The lowest BCUT2D eigenvalue weighted by molar-refractivity contribution is 0.104. The first-order valence-corrected chi connectivity index (χ1v) is 7.12. The quantitative estimate of drug-likeness (QED) is 0.659. The number of hydrogen-bond donors (Lipinski definition) is 1. The maximum Gasteiger partial charge on any atom is 0.205 e. The van der Waals surface area contributed by atoms with E-state index in [-0.39, 0.29) is 11.2 Å². The number of benzene rings is 1. The molecule has 0 unspecified atom stereocenters. The van der Waals surface area contributed by atoms with Gasteiger partial charge in [-0.25, -0.2) is 0 Å². The van der Waals surface area contributed by atoms with Gasteiger partial charge in [-0.1, -0.05) is 32.4 Å². The highest BCUT2D eigenvalue weighted by Gasteiger charge is 2.20. The number of anilines is 1. The largest absolute Gasteiger partial charge is 0.398 e. The average molecular weight is 273 g/mol. The monoisotopic (exact) mass is 273 g/mol. The predicted molar refractivity (Wildman–Crippen MR) is 82.0 cm³/mol. The molecular weight excluding hydrogens is 254 g/mol. The minimum absolute atomic E-state index is 0.0155. The van der Waals surface area contributed by atoms with E-state index in [2.05, 4.69) is 20.8 Å². The van der Waals surface area contributed by atoms with Gasteiger partial charge >= 0.3 is 0 Å². The highest BCUT2D eigenvalue weighted by molar-refractivity contribution is 7.14. The van der Waals surface area contributed by atoms with Gasteiger partial charge in [-0.15, -0.1) is 11.3 Å². The van der Waals surface area contributed by atoms with Crippen LogP contribution in [0.5, 0.6) is 0 Å². The van der Waals surface area contributed by atoms with Gasteiger partial charge in [0.15, 0.2) is 0 Å². The molecule has 0 saturated carbocycles. The fourth-order valence-electron chi connectivity index (χ4n) is 1.86. The van der Waals surface area contributed by atoms with Crippen molar-refractivity contribution in [2.45, 2.75) is 33.1 Å². The van der Waals surface area contributed by atoms with E-state index in [9.17, 15) is 4.79 Å². The van der Waals surface area contributed by atoms with Crippen molar-refractivity contribution in [3.8, 4) is 0 Å². The Labute approximate surface area is 118 Å². The van der Waals surface area contributed by atoms with Gasteiger partial charge in [-0.2, -0.15) is 0 Å². The molecule has 0 atom stereocenters. The van der Waals surface area contributed by atoms with E-state index in [4.69, 9.17) is 5.73 Å². The summed E-state index contributed by atoms with van der Waals surface area (Å²) in [5, 5.41) is 0. The Morgan fingerprint density at radius 1 is 1.16 bits per heavy atom. The molecule has 0 aliphatic carbocycles. The van der Waals surface area contributed by atoms with Crippen LogP contribution in [0.3, 0.4) is 0 Å². The standard InChI is InChI=1S/C16H19NOS/c1-10-5-6-12(17)11(9-10)15(18)13-7-8-14(19-13)16(2,3)4/h5-9H,17H2,1-4H3. The average Bonchev–Trinajstić information content (AvgIpc) is 2.80. The van der Waals surface area contributed by atoms with E-state index in [1.165, 1.54) is 4.88 Å². The Bertz CT molecular complexity index is 620. The molecule has 0 saturated heterocycles. The zero-order valence-corrected chi connectivity index (χ0v) is 12.6. The maximum absolute atomic E-state index is 12.5. The van der Waals surface area contributed by atoms with Crippen molar-refractivity contribution in [2.75, 3.05) is 5.73 Å². The molecule has 1 aromatic heterocycles. The van der Waals surface area contributed by atoms with Crippen molar-refractivity contribution in [3.63, 3.8) is 0 Å². The highest BCUT2D eigenvalue weighted by Crippen LogP contribution is 2.31. The Kier molecular flexibility index (Phi) is 3.50. The molecule has 1 aromatic carbocycles. The molecule has 2 nitrogen and oxygen atoms in total. The van der Waals surface area contributed by atoms with E-state index in [1.54, 1.807) is 17.4 Å². The van der Waals surface area contributed by atoms with Gasteiger partial charge in [0, 0.05) is 16.1 Å². The summed E-state index contributed by atoms with van der Waals surface area (Å²) in [4.78, 5) is 14.5. The van der Waals surface area contributed by atoms with E-state index in [0.717, 1.165) is 10.4 Å². The summed E-state index contributed by atoms with van der Waals surface area (Å²) in [7, 11) is 0. The minimum atomic E-state index is 0.0155. The molecular formula is C16H19NOS. The fraction of sp³-hybridized carbons (Fsp3) is 0.312. The lowest BCUT2D eigenvalue weighted by atomic mass is 9.95. The van der Waals surface area contributed by atoms with Gasteiger partial charge in [-0.3, -0.25) is 4.79 Å². The van der Waals surface area contributed by atoms with Crippen LogP contribution in [-0.2, 0) is 5.41 Å². The molecule has 0 aliphatic heterocycles. The molecule has 2 aromatic rings. The topological polar surface area (TPSA) is 43.1 Å². The third-order valence-corrected chi connectivity index (χ3v) is 4.53. The molecule has 0 aliphatic rings. The molecule has 0 bridgehead atoms. The van der Waals surface area contributed by atoms with E-state index < -0.39 is 0 Å². The number of hydrogen-bond acceptors (Lipinski definition) is 3. The molecule has 0 amide bonds. The van der Waals surface area contributed by atoms with Crippen LogP contribution in [-0.4, -0.2) is 5.78 Å². The maximum atomic E-state index is 12.5. The van der Waals surface area contributed by atoms with Crippen LogP contribution in [0.1, 0.15) is 46.4 Å². The predicted octanol–water partition coefficient (Wildman–Crippen LogP) is 4.17. The fourth-order valence-corrected chi connectivity index (χ4v) is 2.88.